The first-order chi connectivity index (χ1) is 11.1. The van der Waals surface area contributed by atoms with Gasteiger partial charge in [0.2, 0.25) is 6.17 Å². The number of aromatic nitrogens is 2. The lowest BCUT2D eigenvalue weighted by Gasteiger charge is -2.21. The molecule has 3 aromatic rings. The van der Waals surface area contributed by atoms with Crippen LogP contribution in [0.2, 0.25) is 0 Å². The first-order valence-corrected chi connectivity index (χ1v) is 7.06. The molecule has 1 atom stereocenters. The van der Waals surface area contributed by atoms with Crippen molar-refractivity contribution < 1.29 is 8.96 Å². The fourth-order valence-corrected chi connectivity index (χ4v) is 2.78. The Balaban J connectivity index is 2.03. The minimum absolute atomic E-state index is 0.185. The van der Waals surface area contributed by atoms with Crippen LogP contribution in [0.3, 0.4) is 0 Å². The van der Waals surface area contributed by atoms with E-state index in [2.05, 4.69) is 15.3 Å². The third kappa shape index (κ3) is 2.13. The molecule has 2 aromatic carbocycles. The largest absolute Gasteiger partial charge is 0.367 e. The molecule has 0 aliphatic carbocycles. The molecule has 0 bridgehead atoms. The number of aliphatic imine (C=N–C) groups is 1. The van der Waals surface area contributed by atoms with Gasteiger partial charge in [0.25, 0.3) is 5.96 Å². The summed E-state index contributed by atoms with van der Waals surface area (Å²) in [5.74, 6) is 0.303. The van der Waals surface area contributed by atoms with Crippen LogP contribution in [-0.2, 0) is 0 Å². The lowest BCUT2D eigenvalue weighted by molar-refractivity contribution is -0.677. The monoisotopic (exact) mass is 310 g/mol. The summed E-state index contributed by atoms with van der Waals surface area (Å²) in [6.45, 7) is 0. The average Bonchev–Trinajstić information content (AvgIpc) is 2.55. The molecule has 0 spiro atoms. The van der Waals surface area contributed by atoms with Crippen LogP contribution in [0.15, 0.2) is 58.3 Å². The average molecular weight is 310 g/mol. The zero-order valence-electron chi connectivity index (χ0n) is 12.0. The summed E-state index contributed by atoms with van der Waals surface area (Å²) in [7, 11) is 0. The molecule has 23 heavy (non-hydrogen) atoms. The molecule has 0 fully saturated rings. The van der Waals surface area contributed by atoms with Gasteiger partial charge in [-0.25, -0.2) is 19.3 Å². The summed E-state index contributed by atoms with van der Waals surface area (Å²) in [6.07, 6.45) is -0.492. The third-order valence-corrected chi connectivity index (χ3v) is 3.80. The first-order valence-electron chi connectivity index (χ1n) is 7.06. The van der Waals surface area contributed by atoms with Crippen LogP contribution in [0.4, 0.5) is 10.3 Å². The lowest BCUT2D eigenvalue weighted by atomic mass is 10.1. The number of fused-ring (bicyclic) bond motifs is 3. The number of guanidine groups is 1. The topological polar surface area (TPSA) is 87.2 Å². The van der Waals surface area contributed by atoms with Gasteiger partial charge < -0.3 is 5.73 Å². The molecular weight excluding hydrogens is 297 g/mol. The van der Waals surface area contributed by atoms with Gasteiger partial charge in [-0.1, -0.05) is 24.3 Å². The van der Waals surface area contributed by atoms with E-state index in [9.17, 15) is 9.18 Å². The lowest BCUT2D eigenvalue weighted by Crippen LogP contribution is -2.51. The zero-order valence-corrected chi connectivity index (χ0v) is 12.0. The molecule has 0 radical (unpaired) electrons. The molecule has 0 saturated heterocycles. The van der Waals surface area contributed by atoms with Crippen LogP contribution in [0.25, 0.3) is 10.9 Å². The standard InChI is InChI=1S/C16H12FN5O/c17-10-7-5-9(6-8-10)13-19-15(18)21-16-20-14(23)11-3-1-2-4-12(11)22(13)16/h1-8,13H,(H3,18,19,20,21,23)/p+1/t13-/m1/s1. The maximum absolute atomic E-state index is 13.2. The minimum Gasteiger partial charge on any atom is -0.357 e. The predicted molar refractivity (Wildman–Crippen MR) is 84.5 cm³/mol. The van der Waals surface area contributed by atoms with Crippen molar-refractivity contribution in [1.29, 1.82) is 0 Å². The Hall–Kier alpha value is -3.22. The van der Waals surface area contributed by atoms with Crippen LogP contribution in [-0.4, -0.2) is 10.9 Å². The van der Waals surface area contributed by atoms with Crippen molar-refractivity contribution in [2.24, 2.45) is 10.7 Å². The molecular formula is C16H13FN5O+. The Morgan fingerprint density at radius 3 is 2.65 bits per heavy atom. The number of rotatable bonds is 1. The zero-order chi connectivity index (χ0) is 16.0. The molecule has 0 amide bonds. The second-order valence-electron chi connectivity index (χ2n) is 5.25. The van der Waals surface area contributed by atoms with E-state index in [4.69, 9.17) is 5.73 Å². The fourth-order valence-electron chi connectivity index (χ4n) is 2.78. The van der Waals surface area contributed by atoms with E-state index >= 15 is 0 Å². The van der Waals surface area contributed by atoms with Gasteiger partial charge in [0, 0.05) is 5.56 Å². The maximum Gasteiger partial charge on any atom is 0.367 e. The highest BCUT2D eigenvalue weighted by molar-refractivity contribution is 5.91. The number of halogens is 1. The number of nitrogens with two attached hydrogens (primary N) is 1. The van der Waals surface area contributed by atoms with Gasteiger partial charge in [-0.3, -0.25) is 4.79 Å². The molecule has 7 heteroatoms. The Morgan fingerprint density at radius 2 is 1.87 bits per heavy atom. The van der Waals surface area contributed by atoms with E-state index in [1.165, 1.54) is 12.1 Å². The number of benzene rings is 2. The van der Waals surface area contributed by atoms with E-state index in [-0.39, 0.29) is 17.3 Å². The van der Waals surface area contributed by atoms with Crippen LogP contribution in [0, 0.1) is 5.82 Å². The molecule has 1 aliphatic rings. The maximum atomic E-state index is 13.2. The number of para-hydroxylation sites is 1. The normalized spacial score (nSPS) is 16.6. The fraction of sp³-hybridized carbons (Fsp3) is 0.0625. The van der Waals surface area contributed by atoms with Gasteiger partial charge in [0.1, 0.15) is 11.3 Å². The minimum atomic E-state index is -0.492. The Kier molecular flexibility index (Phi) is 2.87. The number of nitrogens with one attached hydrogen (secondary N) is 2. The van der Waals surface area contributed by atoms with Gasteiger partial charge in [-0.2, -0.15) is 4.99 Å². The quantitative estimate of drug-likeness (QED) is 0.591. The third-order valence-electron chi connectivity index (χ3n) is 3.80. The highest BCUT2D eigenvalue weighted by Crippen LogP contribution is 2.21. The summed E-state index contributed by atoms with van der Waals surface area (Å²) in [4.78, 5) is 19.4. The Morgan fingerprint density at radius 1 is 1.13 bits per heavy atom. The second-order valence-corrected chi connectivity index (χ2v) is 5.25. The molecule has 0 unspecified atom stereocenters. The van der Waals surface area contributed by atoms with E-state index < -0.39 is 6.17 Å². The van der Waals surface area contributed by atoms with Crippen LogP contribution >= 0.6 is 0 Å². The highest BCUT2D eigenvalue weighted by atomic mass is 19.1. The molecule has 6 nitrogen and oxygen atoms in total. The van der Waals surface area contributed by atoms with E-state index in [0.29, 0.717) is 16.9 Å². The Bertz CT molecular complexity index is 994. The number of anilines is 1. The van der Waals surface area contributed by atoms with E-state index in [0.717, 1.165) is 5.56 Å². The molecule has 0 saturated carbocycles. The van der Waals surface area contributed by atoms with E-state index in [1.807, 2.05) is 16.7 Å². The second kappa shape index (κ2) is 4.91. The number of hydrogen-bond donors (Lipinski definition) is 3. The summed E-state index contributed by atoms with van der Waals surface area (Å²) in [5, 5.41) is 3.41. The highest BCUT2D eigenvalue weighted by Gasteiger charge is 2.30. The Labute approximate surface area is 130 Å². The first kappa shape index (κ1) is 13.4. The molecule has 1 aliphatic heterocycles. The molecule has 2 heterocycles. The summed E-state index contributed by atoms with van der Waals surface area (Å²) in [6, 6.07) is 13.3. The van der Waals surface area contributed by atoms with Crippen molar-refractivity contribution in [3.05, 3.63) is 70.3 Å². The SMILES string of the molecule is NC1=N[C@@H](c2ccc(F)cc2)[n+]2c([nH]c(=O)c3ccccc32)N1. The summed E-state index contributed by atoms with van der Waals surface area (Å²) < 4.78 is 15.0. The van der Waals surface area contributed by atoms with Crippen LogP contribution in [0.1, 0.15) is 11.7 Å². The smallest absolute Gasteiger partial charge is 0.357 e. The van der Waals surface area contributed by atoms with Crippen molar-refractivity contribution in [3.8, 4) is 0 Å². The summed E-state index contributed by atoms with van der Waals surface area (Å²) >= 11 is 0. The predicted octanol–water partition coefficient (Wildman–Crippen LogP) is 1.24. The molecule has 4 rings (SSSR count). The van der Waals surface area contributed by atoms with Crippen LogP contribution < -0.4 is 21.2 Å². The number of H-pyrrole nitrogens is 1. The number of hydrogen-bond acceptors (Lipinski definition) is 4. The van der Waals surface area contributed by atoms with Crippen molar-refractivity contribution in [2.75, 3.05) is 5.32 Å². The van der Waals surface area contributed by atoms with Gasteiger partial charge in [0.15, 0.2) is 0 Å². The van der Waals surface area contributed by atoms with Crippen LogP contribution in [0.5, 0.6) is 0 Å². The van der Waals surface area contributed by atoms with Crippen molar-refractivity contribution in [3.63, 3.8) is 0 Å². The number of nitrogens with zero attached hydrogens (tertiary/aromatic N) is 2. The molecule has 1 aromatic heterocycles. The van der Waals surface area contributed by atoms with Gasteiger partial charge in [0.05, 0.1) is 5.39 Å². The van der Waals surface area contributed by atoms with Gasteiger partial charge >= 0.3 is 11.5 Å². The molecule has 4 N–H and O–H groups in total. The molecule has 114 valence electrons. The van der Waals surface area contributed by atoms with E-state index in [1.54, 1.807) is 24.3 Å². The van der Waals surface area contributed by atoms with Crippen molar-refractivity contribution >= 4 is 22.8 Å². The van der Waals surface area contributed by atoms with Crippen molar-refractivity contribution in [2.45, 2.75) is 6.17 Å². The number of aromatic amines is 1. The van der Waals surface area contributed by atoms with Gasteiger partial charge in [-0.15, -0.1) is 0 Å². The van der Waals surface area contributed by atoms with Crippen molar-refractivity contribution in [1.82, 2.24) is 4.98 Å². The van der Waals surface area contributed by atoms with Gasteiger partial charge in [-0.05, 0) is 24.3 Å². The summed E-state index contributed by atoms with van der Waals surface area (Å²) in [5.41, 5.74) is 7.09.